The van der Waals surface area contributed by atoms with Crippen LogP contribution in [0.5, 0.6) is 5.75 Å². The van der Waals surface area contributed by atoms with Crippen LogP contribution in [0.25, 0.3) is 10.9 Å². The lowest BCUT2D eigenvalue weighted by molar-refractivity contribution is 0.102. The van der Waals surface area contributed by atoms with Crippen LogP contribution in [0, 0.1) is 6.92 Å². The van der Waals surface area contributed by atoms with E-state index >= 15 is 0 Å². The van der Waals surface area contributed by atoms with Crippen LogP contribution >= 0.6 is 11.8 Å². The Morgan fingerprint density at radius 3 is 2.77 bits per heavy atom. The zero-order valence-corrected chi connectivity index (χ0v) is 17.6. The van der Waals surface area contributed by atoms with Crippen molar-refractivity contribution in [2.24, 2.45) is 0 Å². The first-order chi connectivity index (χ1) is 14.6. The Balaban J connectivity index is 1.50. The fraction of sp³-hybridized carbons (Fsp3) is 0.125. The second kappa shape index (κ2) is 8.97. The van der Waals surface area contributed by atoms with Crippen molar-refractivity contribution in [3.05, 3.63) is 89.7 Å². The Kier molecular flexibility index (Phi) is 5.95. The van der Waals surface area contributed by atoms with Gasteiger partial charge >= 0.3 is 0 Å². The topological polar surface area (TPSA) is 64.1 Å². The Hall–Kier alpha value is -3.38. The monoisotopic (exact) mass is 415 g/mol. The summed E-state index contributed by atoms with van der Waals surface area (Å²) in [6, 6.07) is 21.2. The third-order valence-electron chi connectivity index (χ3n) is 4.67. The third kappa shape index (κ3) is 4.60. The zero-order valence-electron chi connectivity index (χ0n) is 16.8. The van der Waals surface area contributed by atoms with Gasteiger partial charge in [0.15, 0.2) is 0 Å². The standard InChI is InChI=1S/C24H21N3O2S/c1-16-21(13-18-9-10-20(29-2)14-22(18)26-16)24(28)27-19-7-5-6-17(12-19)15-30-23-8-3-4-11-25-23/h3-14H,15H2,1-2H3,(H,27,28). The van der Waals surface area contributed by atoms with Crippen molar-refractivity contribution >= 4 is 34.3 Å². The molecule has 0 saturated heterocycles. The van der Waals surface area contributed by atoms with Gasteiger partial charge in [0.25, 0.3) is 5.91 Å². The average Bonchev–Trinajstić information content (AvgIpc) is 2.77. The lowest BCUT2D eigenvalue weighted by Crippen LogP contribution is -2.14. The van der Waals surface area contributed by atoms with Crippen LogP contribution in [0.2, 0.25) is 0 Å². The molecule has 5 nitrogen and oxygen atoms in total. The maximum atomic E-state index is 12.9. The maximum absolute atomic E-state index is 12.9. The summed E-state index contributed by atoms with van der Waals surface area (Å²) >= 11 is 1.66. The largest absolute Gasteiger partial charge is 0.497 e. The first-order valence-electron chi connectivity index (χ1n) is 9.52. The number of rotatable bonds is 6. The van der Waals surface area contributed by atoms with Crippen molar-refractivity contribution in [1.29, 1.82) is 0 Å². The molecule has 1 N–H and O–H groups in total. The van der Waals surface area contributed by atoms with E-state index in [-0.39, 0.29) is 5.91 Å². The highest BCUT2D eigenvalue weighted by atomic mass is 32.2. The molecule has 4 aromatic rings. The molecule has 0 aliphatic carbocycles. The van der Waals surface area contributed by atoms with Gasteiger partial charge < -0.3 is 10.1 Å². The summed E-state index contributed by atoms with van der Waals surface area (Å²) in [4.78, 5) is 21.8. The Bertz CT molecular complexity index is 1200. The van der Waals surface area contributed by atoms with Crippen molar-refractivity contribution < 1.29 is 9.53 Å². The summed E-state index contributed by atoms with van der Waals surface area (Å²) in [5.74, 6) is 1.35. The molecule has 2 aromatic carbocycles. The van der Waals surface area contributed by atoms with Crippen LogP contribution in [-0.4, -0.2) is 23.0 Å². The molecule has 0 atom stereocenters. The van der Waals surface area contributed by atoms with E-state index in [9.17, 15) is 4.79 Å². The molecule has 150 valence electrons. The quantitative estimate of drug-likeness (QED) is 0.422. The van der Waals surface area contributed by atoms with Gasteiger partial charge in [-0.3, -0.25) is 9.78 Å². The molecule has 6 heteroatoms. The van der Waals surface area contributed by atoms with Crippen molar-refractivity contribution in [1.82, 2.24) is 9.97 Å². The number of nitrogens with zero attached hydrogens (tertiary/aromatic N) is 2. The van der Waals surface area contributed by atoms with E-state index in [4.69, 9.17) is 4.74 Å². The molecule has 0 saturated carbocycles. The fourth-order valence-corrected chi connectivity index (χ4v) is 3.93. The van der Waals surface area contributed by atoms with Crippen LogP contribution in [0.4, 0.5) is 5.69 Å². The predicted octanol–water partition coefficient (Wildman–Crippen LogP) is 5.49. The summed E-state index contributed by atoms with van der Waals surface area (Å²) < 4.78 is 5.25. The number of ether oxygens (including phenoxy) is 1. The predicted molar refractivity (Wildman–Crippen MR) is 121 cm³/mol. The lowest BCUT2D eigenvalue weighted by atomic mass is 10.1. The fourth-order valence-electron chi connectivity index (χ4n) is 3.13. The van der Waals surface area contributed by atoms with Crippen molar-refractivity contribution in [3.8, 4) is 5.75 Å². The van der Waals surface area contributed by atoms with E-state index in [0.29, 0.717) is 11.3 Å². The number of anilines is 1. The highest BCUT2D eigenvalue weighted by Crippen LogP contribution is 2.24. The number of pyridine rings is 2. The average molecular weight is 416 g/mol. The number of methoxy groups -OCH3 is 1. The third-order valence-corrected chi connectivity index (χ3v) is 5.68. The number of carbonyl (C=O) groups excluding carboxylic acids is 1. The maximum Gasteiger partial charge on any atom is 0.257 e. The van der Waals surface area contributed by atoms with Crippen LogP contribution in [0.15, 0.2) is 78.0 Å². The van der Waals surface area contributed by atoms with Gasteiger partial charge in [0.2, 0.25) is 0 Å². The minimum absolute atomic E-state index is 0.174. The van der Waals surface area contributed by atoms with Gasteiger partial charge in [-0.25, -0.2) is 4.98 Å². The number of aromatic nitrogens is 2. The minimum atomic E-state index is -0.174. The molecule has 2 aromatic heterocycles. The molecule has 1 amide bonds. The summed E-state index contributed by atoms with van der Waals surface area (Å²) in [5.41, 5.74) is 3.91. The molecule has 2 heterocycles. The van der Waals surface area contributed by atoms with Crippen molar-refractivity contribution in [2.45, 2.75) is 17.7 Å². The number of aryl methyl sites for hydroxylation is 1. The Labute approximate surface area is 179 Å². The molecule has 30 heavy (non-hydrogen) atoms. The molecule has 0 fully saturated rings. The van der Waals surface area contributed by atoms with Crippen LogP contribution < -0.4 is 10.1 Å². The van der Waals surface area contributed by atoms with Gasteiger partial charge in [-0.1, -0.05) is 18.2 Å². The molecular weight excluding hydrogens is 394 g/mol. The van der Waals surface area contributed by atoms with Crippen LogP contribution in [-0.2, 0) is 5.75 Å². The van der Waals surface area contributed by atoms with E-state index in [2.05, 4.69) is 15.3 Å². The first kappa shape index (κ1) is 19.9. The first-order valence-corrected chi connectivity index (χ1v) is 10.5. The second-order valence-corrected chi connectivity index (χ2v) is 7.79. The molecule has 0 unspecified atom stereocenters. The molecule has 0 radical (unpaired) electrons. The number of hydrogen-bond donors (Lipinski definition) is 1. The highest BCUT2D eigenvalue weighted by Gasteiger charge is 2.13. The van der Waals surface area contributed by atoms with Gasteiger partial charge in [-0.2, -0.15) is 0 Å². The summed E-state index contributed by atoms with van der Waals surface area (Å²) in [6.45, 7) is 1.84. The van der Waals surface area contributed by atoms with Crippen LogP contribution in [0.1, 0.15) is 21.6 Å². The molecule has 0 bridgehead atoms. The van der Waals surface area contributed by atoms with Gasteiger partial charge in [-0.15, -0.1) is 11.8 Å². The number of fused-ring (bicyclic) bond motifs is 1. The van der Waals surface area contributed by atoms with Crippen molar-refractivity contribution in [2.75, 3.05) is 12.4 Å². The lowest BCUT2D eigenvalue weighted by Gasteiger charge is -2.10. The smallest absolute Gasteiger partial charge is 0.257 e. The summed E-state index contributed by atoms with van der Waals surface area (Å²) in [7, 11) is 1.62. The van der Waals surface area contributed by atoms with E-state index in [1.165, 1.54) is 0 Å². The van der Waals surface area contributed by atoms with Crippen molar-refractivity contribution in [3.63, 3.8) is 0 Å². The number of benzene rings is 2. The molecule has 0 aliphatic heterocycles. The van der Waals surface area contributed by atoms with E-state index < -0.39 is 0 Å². The van der Waals surface area contributed by atoms with Gasteiger partial charge in [0, 0.05) is 29.1 Å². The molecular formula is C24H21N3O2S. The van der Waals surface area contributed by atoms with Gasteiger partial charge in [-0.05, 0) is 55.0 Å². The minimum Gasteiger partial charge on any atom is -0.497 e. The number of nitrogens with one attached hydrogen (secondary N) is 1. The van der Waals surface area contributed by atoms with E-state index in [1.807, 2.05) is 73.7 Å². The summed E-state index contributed by atoms with van der Waals surface area (Å²) in [6.07, 6.45) is 1.79. The van der Waals surface area contributed by atoms with Gasteiger partial charge in [0.1, 0.15) is 5.75 Å². The molecule has 0 spiro atoms. The highest BCUT2D eigenvalue weighted by molar-refractivity contribution is 7.98. The molecule has 4 rings (SSSR count). The number of carbonyl (C=O) groups is 1. The van der Waals surface area contributed by atoms with E-state index in [0.717, 1.165) is 38.7 Å². The Morgan fingerprint density at radius 1 is 1.07 bits per heavy atom. The number of thioether (sulfide) groups is 1. The Morgan fingerprint density at radius 2 is 1.97 bits per heavy atom. The SMILES string of the molecule is COc1ccc2cc(C(=O)Nc3cccc(CSc4ccccn4)c3)c(C)nc2c1. The zero-order chi connectivity index (χ0) is 20.9. The van der Waals surface area contributed by atoms with E-state index in [1.54, 1.807) is 25.1 Å². The van der Waals surface area contributed by atoms with Gasteiger partial charge in [0.05, 0.1) is 28.9 Å². The summed E-state index contributed by atoms with van der Waals surface area (Å²) in [5, 5.41) is 4.87. The number of hydrogen-bond acceptors (Lipinski definition) is 5. The van der Waals surface area contributed by atoms with Crippen LogP contribution in [0.3, 0.4) is 0 Å². The second-order valence-electron chi connectivity index (χ2n) is 6.79. The number of amides is 1. The normalized spacial score (nSPS) is 10.7. The molecule has 0 aliphatic rings.